The third-order valence-corrected chi connectivity index (χ3v) is 3.49. The molecule has 3 nitrogen and oxygen atoms in total. The molecule has 0 amide bonds. The molecular weight excluding hydrogens is 176 g/mol. The van der Waals surface area contributed by atoms with E-state index in [1.165, 1.54) is 38.5 Å². The number of nitrogens with zero attached hydrogens (tertiary/aromatic N) is 1. The highest BCUT2D eigenvalue weighted by molar-refractivity contribution is 4.93. The van der Waals surface area contributed by atoms with E-state index in [0.717, 1.165) is 6.54 Å². The van der Waals surface area contributed by atoms with Crippen molar-refractivity contribution in [1.82, 2.24) is 10.4 Å². The van der Waals surface area contributed by atoms with E-state index >= 15 is 0 Å². The number of hydrogen-bond donors (Lipinski definition) is 1. The quantitative estimate of drug-likeness (QED) is 0.696. The minimum absolute atomic E-state index is 0.290. The third-order valence-electron chi connectivity index (χ3n) is 3.49. The second kappa shape index (κ2) is 4.17. The second-order valence-electron chi connectivity index (χ2n) is 4.93. The molecule has 1 unspecified atom stereocenters. The Bertz CT molecular complexity index is 188. The summed E-state index contributed by atoms with van der Waals surface area (Å²) in [5.41, 5.74) is 3.59. The maximum Gasteiger partial charge on any atom is 0.0722 e. The average Bonchev–Trinajstić information content (AvgIpc) is 2.74. The Morgan fingerprint density at radius 1 is 1.29 bits per heavy atom. The molecule has 2 fully saturated rings. The molecule has 0 bridgehead atoms. The normalized spacial score (nSPS) is 30.6. The van der Waals surface area contributed by atoms with E-state index in [1.807, 2.05) is 19.1 Å². The number of hydrazine groups is 1. The van der Waals surface area contributed by atoms with Gasteiger partial charge >= 0.3 is 0 Å². The molecule has 1 N–H and O–H groups in total. The van der Waals surface area contributed by atoms with Gasteiger partial charge in [0.05, 0.1) is 11.7 Å². The highest BCUT2D eigenvalue weighted by Gasteiger charge is 2.41. The Morgan fingerprint density at radius 2 is 2.00 bits per heavy atom. The lowest BCUT2D eigenvalue weighted by molar-refractivity contribution is -0.0396. The Morgan fingerprint density at radius 3 is 2.64 bits per heavy atom. The Kier molecular flexibility index (Phi) is 3.10. The van der Waals surface area contributed by atoms with E-state index in [9.17, 15) is 0 Å². The van der Waals surface area contributed by atoms with Crippen LogP contribution in [0.5, 0.6) is 0 Å². The predicted octanol–water partition coefficient (Wildman–Crippen LogP) is 1.54. The molecule has 14 heavy (non-hydrogen) atoms. The Labute approximate surface area is 86.8 Å². The number of nitrogens with one attached hydrogen (secondary N) is 1. The summed E-state index contributed by atoms with van der Waals surface area (Å²) in [6.07, 6.45) is 8.29. The van der Waals surface area contributed by atoms with Gasteiger partial charge < -0.3 is 4.74 Å². The summed E-state index contributed by atoms with van der Waals surface area (Å²) in [7, 11) is 4.06. The first-order chi connectivity index (χ1) is 6.70. The fourth-order valence-corrected chi connectivity index (χ4v) is 2.71. The van der Waals surface area contributed by atoms with E-state index in [2.05, 4.69) is 5.43 Å². The van der Waals surface area contributed by atoms with Crippen LogP contribution in [0.1, 0.15) is 38.5 Å². The molecular formula is C11H22N2O. The topological polar surface area (TPSA) is 24.5 Å². The molecule has 1 aliphatic carbocycles. The smallest absolute Gasteiger partial charge is 0.0722 e. The predicted molar refractivity (Wildman–Crippen MR) is 57.0 cm³/mol. The summed E-state index contributed by atoms with van der Waals surface area (Å²) in [5, 5.41) is 2.00. The summed E-state index contributed by atoms with van der Waals surface area (Å²) < 4.78 is 6.17. The zero-order valence-electron chi connectivity index (χ0n) is 9.38. The molecule has 1 saturated heterocycles. The average molecular weight is 198 g/mol. The van der Waals surface area contributed by atoms with Crippen LogP contribution in [0, 0.1) is 0 Å². The monoisotopic (exact) mass is 198 g/mol. The van der Waals surface area contributed by atoms with Crippen LogP contribution in [0.3, 0.4) is 0 Å². The van der Waals surface area contributed by atoms with Crippen LogP contribution in [0.25, 0.3) is 0 Å². The van der Waals surface area contributed by atoms with Gasteiger partial charge in [0.25, 0.3) is 0 Å². The van der Waals surface area contributed by atoms with Gasteiger partial charge in [0.15, 0.2) is 0 Å². The molecule has 1 aliphatic heterocycles. The Hall–Kier alpha value is -0.120. The molecule has 3 heteroatoms. The minimum atomic E-state index is 0.290. The first-order valence-corrected chi connectivity index (χ1v) is 5.79. The highest BCUT2D eigenvalue weighted by atomic mass is 16.5. The van der Waals surface area contributed by atoms with Crippen LogP contribution in [0.4, 0.5) is 0 Å². The molecule has 2 aliphatic rings. The molecule has 2 rings (SSSR count). The van der Waals surface area contributed by atoms with Gasteiger partial charge in [-0.05, 0) is 25.7 Å². The van der Waals surface area contributed by atoms with Crippen LogP contribution in [0.2, 0.25) is 0 Å². The van der Waals surface area contributed by atoms with Gasteiger partial charge in [-0.25, -0.2) is 0 Å². The van der Waals surface area contributed by atoms with Crippen molar-refractivity contribution in [3.63, 3.8) is 0 Å². The van der Waals surface area contributed by atoms with E-state index in [1.54, 1.807) is 0 Å². The largest absolute Gasteiger partial charge is 0.370 e. The van der Waals surface area contributed by atoms with E-state index in [4.69, 9.17) is 4.74 Å². The standard InChI is InChI=1S/C11H22N2O/c1-13(2)12-9-10-5-8-11(14-10)6-3-4-7-11/h10,12H,3-9H2,1-2H3. The van der Waals surface area contributed by atoms with Crippen molar-refractivity contribution in [2.75, 3.05) is 20.6 Å². The zero-order valence-corrected chi connectivity index (χ0v) is 9.38. The molecule has 0 aromatic rings. The summed E-state index contributed by atoms with van der Waals surface area (Å²) in [6.45, 7) is 0.967. The van der Waals surface area contributed by atoms with Gasteiger partial charge in [0, 0.05) is 20.6 Å². The van der Waals surface area contributed by atoms with Crippen molar-refractivity contribution in [3.05, 3.63) is 0 Å². The van der Waals surface area contributed by atoms with Crippen molar-refractivity contribution in [3.8, 4) is 0 Å². The van der Waals surface area contributed by atoms with Crippen molar-refractivity contribution in [2.24, 2.45) is 0 Å². The van der Waals surface area contributed by atoms with Crippen LogP contribution >= 0.6 is 0 Å². The summed E-state index contributed by atoms with van der Waals surface area (Å²) >= 11 is 0. The van der Waals surface area contributed by atoms with Crippen molar-refractivity contribution < 1.29 is 4.74 Å². The lowest BCUT2D eigenvalue weighted by Gasteiger charge is -2.24. The van der Waals surface area contributed by atoms with Gasteiger partial charge in [0.1, 0.15) is 0 Å². The van der Waals surface area contributed by atoms with Gasteiger partial charge in [-0.1, -0.05) is 12.8 Å². The summed E-state index contributed by atoms with van der Waals surface area (Å²) in [6, 6.07) is 0. The van der Waals surface area contributed by atoms with Gasteiger partial charge in [0.2, 0.25) is 0 Å². The van der Waals surface area contributed by atoms with Crippen LogP contribution in [-0.4, -0.2) is 37.4 Å². The highest BCUT2D eigenvalue weighted by Crippen LogP contribution is 2.42. The summed E-state index contributed by atoms with van der Waals surface area (Å²) in [4.78, 5) is 0. The molecule has 0 aromatic heterocycles. The second-order valence-corrected chi connectivity index (χ2v) is 4.93. The lowest BCUT2D eigenvalue weighted by atomic mass is 9.98. The van der Waals surface area contributed by atoms with Crippen LogP contribution in [-0.2, 0) is 4.74 Å². The fourth-order valence-electron chi connectivity index (χ4n) is 2.71. The maximum absolute atomic E-state index is 6.17. The number of rotatable bonds is 3. The van der Waals surface area contributed by atoms with Crippen LogP contribution < -0.4 is 5.43 Å². The maximum atomic E-state index is 6.17. The van der Waals surface area contributed by atoms with Gasteiger partial charge in [-0.2, -0.15) is 0 Å². The molecule has 82 valence electrons. The van der Waals surface area contributed by atoms with Crippen molar-refractivity contribution >= 4 is 0 Å². The fraction of sp³-hybridized carbons (Fsp3) is 1.00. The van der Waals surface area contributed by atoms with Crippen molar-refractivity contribution in [2.45, 2.75) is 50.2 Å². The SMILES string of the molecule is CN(C)NCC1CCC2(CCCC2)O1. The molecule has 0 radical (unpaired) electrons. The third kappa shape index (κ3) is 2.27. The van der Waals surface area contributed by atoms with Gasteiger partial charge in [-0.3, -0.25) is 10.4 Å². The van der Waals surface area contributed by atoms with E-state index < -0.39 is 0 Å². The number of hydrogen-bond acceptors (Lipinski definition) is 3. The van der Waals surface area contributed by atoms with Gasteiger partial charge in [-0.15, -0.1) is 0 Å². The molecule has 1 saturated carbocycles. The summed E-state index contributed by atoms with van der Waals surface area (Å²) in [5.74, 6) is 0. The van der Waals surface area contributed by atoms with Crippen molar-refractivity contribution in [1.29, 1.82) is 0 Å². The Balaban J connectivity index is 1.76. The lowest BCUT2D eigenvalue weighted by Crippen LogP contribution is -2.38. The first kappa shape index (κ1) is 10.4. The van der Waals surface area contributed by atoms with E-state index in [0.29, 0.717) is 11.7 Å². The first-order valence-electron chi connectivity index (χ1n) is 5.79. The van der Waals surface area contributed by atoms with E-state index in [-0.39, 0.29) is 0 Å². The number of ether oxygens (including phenoxy) is 1. The van der Waals surface area contributed by atoms with Crippen LogP contribution in [0.15, 0.2) is 0 Å². The minimum Gasteiger partial charge on any atom is -0.370 e. The molecule has 0 aromatic carbocycles. The molecule has 1 atom stereocenters. The molecule has 1 spiro atoms. The molecule has 1 heterocycles. The zero-order chi connectivity index (χ0) is 10.0.